The maximum absolute atomic E-state index is 12.0. The van der Waals surface area contributed by atoms with Crippen LogP contribution in [0.25, 0.3) is 0 Å². The summed E-state index contributed by atoms with van der Waals surface area (Å²) in [5.41, 5.74) is 0.653. The first kappa shape index (κ1) is 13.4. The van der Waals surface area contributed by atoms with Crippen LogP contribution in [0.4, 0.5) is 5.69 Å². The fraction of sp³-hybridized carbons (Fsp3) is 0.429. The Labute approximate surface area is 111 Å². The van der Waals surface area contributed by atoms with E-state index in [4.69, 9.17) is 9.84 Å². The van der Waals surface area contributed by atoms with Crippen LogP contribution < -0.4 is 10.1 Å². The Bertz CT molecular complexity index is 492. The van der Waals surface area contributed by atoms with E-state index in [1.54, 1.807) is 6.07 Å². The third-order valence-corrected chi connectivity index (χ3v) is 3.43. The van der Waals surface area contributed by atoms with Gasteiger partial charge in [0.25, 0.3) is 0 Å². The second-order valence-electron chi connectivity index (χ2n) is 4.69. The fourth-order valence-electron chi connectivity index (χ4n) is 2.35. The monoisotopic (exact) mass is 263 g/mol. The van der Waals surface area contributed by atoms with Crippen LogP contribution >= 0.6 is 0 Å². The first-order valence-corrected chi connectivity index (χ1v) is 6.34. The first-order chi connectivity index (χ1) is 9.11. The van der Waals surface area contributed by atoms with Gasteiger partial charge in [-0.25, -0.2) is 4.79 Å². The number of ether oxygens (including phenoxy) is 1. The van der Waals surface area contributed by atoms with Crippen molar-refractivity contribution in [1.82, 2.24) is 0 Å². The average molecular weight is 263 g/mol. The predicted molar refractivity (Wildman–Crippen MR) is 70.5 cm³/mol. The van der Waals surface area contributed by atoms with Crippen molar-refractivity contribution < 1.29 is 19.4 Å². The topological polar surface area (TPSA) is 75.6 Å². The highest BCUT2D eigenvalue weighted by atomic mass is 16.5. The highest BCUT2D eigenvalue weighted by Crippen LogP contribution is 2.29. The standard InChI is InChI=1S/C14H17NO4/c1-19-12-8-10(14(17)18)6-7-11(12)15-13(16)9-4-2-3-5-9/h6-9H,2-5H2,1H3,(H,15,16)(H,17,18). The van der Waals surface area contributed by atoms with E-state index in [2.05, 4.69) is 5.32 Å². The number of benzene rings is 1. The third kappa shape index (κ3) is 3.05. The summed E-state index contributed by atoms with van der Waals surface area (Å²) in [6.45, 7) is 0. The summed E-state index contributed by atoms with van der Waals surface area (Å²) in [5, 5.41) is 11.7. The van der Waals surface area contributed by atoms with Crippen LogP contribution in [-0.2, 0) is 4.79 Å². The molecule has 0 spiro atoms. The highest BCUT2D eigenvalue weighted by Gasteiger charge is 2.23. The molecule has 0 aliphatic heterocycles. The molecule has 1 fully saturated rings. The van der Waals surface area contributed by atoms with Gasteiger partial charge in [-0.3, -0.25) is 4.79 Å². The van der Waals surface area contributed by atoms with Crippen LogP contribution in [-0.4, -0.2) is 24.1 Å². The van der Waals surface area contributed by atoms with Crippen molar-refractivity contribution in [2.45, 2.75) is 25.7 Å². The Kier molecular flexibility index (Phi) is 4.04. The molecule has 0 bridgehead atoms. The van der Waals surface area contributed by atoms with Gasteiger partial charge in [0.05, 0.1) is 18.4 Å². The molecule has 5 nitrogen and oxygen atoms in total. The van der Waals surface area contributed by atoms with Crippen molar-refractivity contribution in [2.75, 3.05) is 12.4 Å². The summed E-state index contributed by atoms with van der Waals surface area (Å²) in [6.07, 6.45) is 4.02. The molecule has 1 aromatic rings. The Balaban J connectivity index is 2.15. The van der Waals surface area contributed by atoms with Crippen molar-refractivity contribution in [3.8, 4) is 5.75 Å². The van der Waals surface area contributed by atoms with E-state index in [0.29, 0.717) is 11.4 Å². The minimum Gasteiger partial charge on any atom is -0.495 e. The second kappa shape index (κ2) is 5.73. The van der Waals surface area contributed by atoms with Crippen molar-refractivity contribution in [3.63, 3.8) is 0 Å². The Hall–Kier alpha value is -2.04. The van der Waals surface area contributed by atoms with Crippen LogP contribution in [0.5, 0.6) is 5.75 Å². The largest absolute Gasteiger partial charge is 0.495 e. The molecule has 1 saturated carbocycles. The van der Waals surface area contributed by atoms with Crippen LogP contribution in [0.1, 0.15) is 36.0 Å². The number of aromatic carboxylic acids is 1. The molecule has 0 heterocycles. The molecule has 19 heavy (non-hydrogen) atoms. The lowest BCUT2D eigenvalue weighted by Gasteiger charge is -2.13. The predicted octanol–water partition coefficient (Wildman–Crippen LogP) is 2.52. The third-order valence-electron chi connectivity index (χ3n) is 3.43. The van der Waals surface area contributed by atoms with E-state index in [9.17, 15) is 9.59 Å². The van der Waals surface area contributed by atoms with E-state index in [0.717, 1.165) is 25.7 Å². The zero-order valence-electron chi connectivity index (χ0n) is 10.8. The number of carboxylic acids is 1. The van der Waals surface area contributed by atoms with Gasteiger partial charge in [-0.1, -0.05) is 12.8 Å². The zero-order chi connectivity index (χ0) is 13.8. The minimum absolute atomic E-state index is 0.0149. The van der Waals surface area contributed by atoms with Gasteiger partial charge in [-0.2, -0.15) is 0 Å². The lowest BCUT2D eigenvalue weighted by atomic mass is 10.1. The average Bonchev–Trinajstić information content (AvgIpc) is 2.92. The summed E-state index contributed by atoms with van der Waals surface area (Å²) in [4.78, 5) is 22.9. The van der Waals surface area contributed by atoms with Gasteiger partial charge in [-0.15, -0.1) is 0 Å². The van der Waals surface area contributed by atoms with Crippen LogP contribution in [0.3, 0.4) is 0 Å². The highest BCUT2D eigenvalue weighted by molar-refractivity contribution is 5.95. The van der Waals surface area contributed by atoms with Crippen molar-refractivity contribution >= 4 is 17.6 Å². The number of carbonyl (C=O) groups excluding carboxylic acids is 1. The van der Waals surface area contributed by atoms with Gasteiger partial charge in [-0.05, 0) is 31.0 Å². The van der Waals surface area contributed by atoms with Crippen molar-refractivity contribution in [2.24, 2.45) is 5.92 Å². The number of amides is 1. The van der Waals surface area contributed by atoms with Gasteiger partial charge < -0.3 is 15.2 Å². The fourth-order valence-corrected chi connectivity index (χ4v) is 2.35. The number of anilines is 1. The van der Waals surface area contributed by atoms with E-state index < -0.39 is 5.97 Å². The molecule has 0 unspecified atom stereocenters. The Morgan fingerprint density at radius 2 is 2.00 bits per heavy atom. The summed E-state index contributed by atoms with van der Waals surface area (Å²) in [5.74, 6) is -0.610. The molecule has 102 valence electrons. The van der Waals surface area contributed by atoms with Crippen LogP contribution in [0.15, 0.2) is 18.2 Å². The molecule has 0 aromatic heterocycles. The van der Waals surface area contributed by atoms with Crippen molar-refractivity contribution in [3.05, 3.63) is 23.8 Å². The smallest absolute Gasteiger partial charge is 0.335 e. The summed E-state index contributed by atoms with van der Waals surface area (Å²) < 4.78 is 5.12. The zero-order valence-corrected chi connectivity index (χ0v) is 10.8. The van der Waals surface area contributed by atoms with Gasteiger partial charge >= 0.3 is 5.97 Å². The van der Waals surface area contributed by atoms with Gasteiger partial charge in [0.2, 0.25) is 5.91 Å². The number of hydrogen-bond donors (Lipinski definition) is 2. The quantitative estimate of drug-likeness (QED) is 0.875. The molecule has 1 amide bonds. The molecule has 1 aromatic carbocycles. The van der Waals surface area contributed by atoms with E-state index in [-0.39, 0.29) is 17.4 Å². The minimum atomic E-state index is -1.02. The molecule has 0 atom stereocenters. The Morgan fingerprint density at radius 3 is 2.58 bits per heavy atom. The molecule has 0 radical (unpaired) electrons. The number of carbonyl (C=O) groups is 2. The number of carboxylic acid groups (broad SMARTS) is 1. The first-order valence-electron chi connectivity index (χ1n) is 6.34. The number of rotatable bonds is 4. The molecule has 1 aliphatic rings. The maximum Gasteiger partial charge on any atom is 0.335 e. The SMILES string of the molecule is COc1cc(C(=O)O)ccc1NC(=O)C1CCCC1. The molecule has 0 saturated heterocycles. The second-order valence-corrected chi connectivity index (χ2v) is 4.69. The number of methoxy groups -OCH3 is 1. The molecular formula is C14H17NO4. The molecule has 1 aliphatic carbocycles. The van der Waals surface area contributed by atoms with Gasteiger partial charge in [0, 0.05) is 5.92 Å². The van der Waals surface area contributed by atoms with Gasteiger partial charge in [0.1, 0.15) is 5.75 Å². The number of nitrogens with one attached hydrogen (secondary N) is 1. The summed E-state index contributed by atoms with van der Waals surface area (Å²) in [7, 11) is 1.45. The van der Waals surface area contributed by atoms with Crippen molar-refractivity contribution in [1.29, 1.82) is 0 Å². The van der Waals surface area contributed by atoms with Crippen LogP contribution in [0, 0.1) is 5.92 Å². The van der Waals surface area contributed by atoms with Gasteiger partial charge in [0.15, 0.2) is 0 Å². The normalized spacial score (nSPS) is 15.2. The maximum atomic E-state index is 12.0. The lowest BCUT2D eigenvalue weighted by molar-refractivity contribution is -0.119. The number of hydrogen-bond acceptors (Lipinski definition) is 3. The summed E-state index contributed by atoms with van der Waals surface area (Å²) >= 11 is 0. The molecule has 2 N–H and O–H groups in total. The van der Waals surface area contributed by atoms with Crippen LogP contribution in [0.2, 0.25) is 0 Å². The molecule has 2 rings (SSSR count). The van der Waals surface area contributed by atoms with E-state index in [1.807, 2.05) is 0 Å². The van der Waals surface area contributed by atoms with E-state index >= 15 is 0 Å². The molecule has 5 heteroatoms. The van der Waals surface area contributed by atoms with E-state index in [1.165, 1.54) is 19.2 Å². The summed E-state index contributed by atoms with van der Waals surface area (Å²) in [6, 6.07) is 4.43. The Morgan fingerprint density at radius 1 is 1.32 bits per heavy atom. The lowest BCUT2D eigenvalue weighted by Crippen LogP contribution is -2.20. The molecular weight excluding hydrogens is 246 g/mol.